The minimum Gasteiger partial charge on any atom is -0.346 e. The smallest absolute Gasteiger partial charge is 0.269 e. The minimum absolute atomic E-state index is 0.150. The van der Waals surface area contributed by atoms with Crippen LogP contribution in [0.1, 0.15) is 29.9 Å². The lowest BCUT2D eigenvalue weighted by atomic mass is 10.1. The van der Waals surface area contributed by atoms with Gasteiger partial charge in [0.2, 0.25) is 0 Å². The molecule has 0 amide bonds. The van der Waals surface area contributed by atoms with Crippen LogP contribution in [0.5, 0.6) is 0 Å². The Morgan fingerprint density at radius 3 is 2.47 bits per heavy atom. The molecular formula is C14H17N3O2. The van der Waals surface area contributed by atoms with Gasteiger partial charge in [0.1, 0.15) is 5.82 Å². The van der Waals surface area contributed by atoms with Crippen LogP contribution in [0.3, 0.4) is 0 Å². The summed E-state index contributed by atoms with van der Waals surface area (Å²) in [5.41, 5.74) is 2.46. The van der Waals surface area contributed by atoms with Gasteiger partial charge in [0, 0.05) is 24.0 Å². The Bertz CT molecular complexity index is 546. The second-order valence-corrected chi connectivity index (χ2v) is 4.62. The number of aryl methyl sites for hydroxylation is 3. The lowest BCUT2D eigenvalue weighted by Gasteiger charge is -2.01. The van der Waals surface area contributed by atoms with Crippen molar-refractivity contribution in [3.05, 3.63) is 57.7 Å². The predicted molar refractivity (Wildman–Crippen MR) is 73.1 cm³/mol. The number of aromatic amines is 1. The van der Waals surface area contributed by atoms with E-state index in [-0.39, 0.29) is 10.6 Å². The molecule has 0 unspecified atom stereocenters. The molecule has 1 heterocycles. The van der Waals surface area contributed by atoms with Crippen LogP contribution in [-0.4, -0.2) is 14.9 Å². The number of nitrogens with zero attached hydrogens (tertiary/aromatic N) is 2. The molecule has 0 atom stereocenters. The Balaban J connectivity index is 1.75. The Morgan fingerprint density at radius 2 is 1.89 bits per heavy atom. The third kappa shape index (κ3) is 3.91. The number of hydrogen-bond acceptors (Lipinski definition) is 3. The van der Waals surface area contributed by atoms with E-state index in [1.54, 1.807) is 12.1 Å². The Labute approximate surface area is 111 Å². The van der Waals surface area contributed by atoms with Crippen LogP contribution < -0.4 is 0 Å². The number of nitrogens with one attached hydrogen (secondary N) is 1. The highest BCUT2D eigenvalue weighted by Crippen LogP contribution is 2.14. The zero-order valence-electron chi connectivity index (χ0n) is 10.9. The molecule has 1 N–H and O–H groups in total. The van der Waals surface area contributed by atoms with Crippen LogP contribution in [0.2, 0.25) is 0 Å². The first-order valence-electron chi connectivity index (χ1n) is 6.39. The number of nitro groups is 1. The topological polar surface area (TPSA) is 71.8 Å². The second-order valence-electron chi connectivity index (χ2n) is 4.62. The van der Waals surface area contributed by atoms with E-state index in [1.807, 2.05) is 25.3 Å². The lowest BCUT2D eigenvalue weighted by Crippen LogP contribution is -1.91. The van der Waals surface area contributed by atoms with Gasteiger partial charge >= 0.3 is 0 Å². The third-order valence-corrected chi connectivity index (χ3v) is 3.06. The number of benzene rings is 1. The fraction of sp³-hybridized carbons (Fsp3) is 0.357. The molecule has 0 saturated carbocycles. The van der Waals surface area contributed by atoms with Crippen molar-refractivity contribution < 1.29 is 4.92 Å². The van der Waals surface area contributed by atoms with Gasteiger partial charge in [-0.1, -0.05) is 12.1 Å². The maximum atomic E-state index is 10.5. The average molecular weight is 259 g/mol. The van der Waals surface area contributed by atoms with Crippen LogP contribution in [-0.2, 0) is 12.8 Å². The summed E-state index contributed by atoms with van der Waals surface area (Å²) in [5, 5.41) is 10.5. The van der Waals surface area contributed by atoms with Gasteiger partial charge in [0.05, 0.1) is 4.92 Å². The van der Waals surface area contributed by atoms with E-state index < -0.39 is 0 Å². The van der Waals surface area contributed by atoms with E-state index in [1.165, 1.54) is 5.69 Å². The normalized spacial score (nSPS) is 10.6. The van der Waals surface area contributed by atoms with E-state index in [2.05, 4.69) is 9.97 Å². The summed E-state index contributed by atoms with van der Waals surface area (Å²) in [7, 11) is 0. The molecule has 0 saturated heterocycles. The largest absolute Gasteiger partial charge is 0.346 e. The summed E-state index contributed by atoms with van der Waals surface area (Å²) in [5.74, 6) is 0.949. The molecule has 5 heteroatoms. The van der Waals surface area contributed by atoms with Crippen molar-refractivity contribution in [1.29, 1.82) is 0 Å². The van der Waals surface area contributed by atoms with Crippen LogP contribution >= 0.6 is 0 Å². The van der Waals surface area contributed by atoms with Crippen molar-refractivity contribution in [1.82, 2.24) is 9.97 Å². The first-order valence-corrected chi connectivity index (χ1v) is 6.39. The molecule has 100 valence electrons. The van der Waals surface area contributed by atoms with Gasteiger partial charge in [0.15, 0.2) is 0 Å². The van der Waals surface area contributed by atoms with Crippen LogP contribution in [0, 0.1) is 17.0 Å². The predicted octanol–water partition coefficient (Wildman–Crippen LogP) is 3.19. The molecule has 0 fully saturated rings. The molecule has 0 spiro atoms. The zero-order valence-corrected chi connectivity index (χ0v) is 10.9. The van der Waals surface area contributed by atoms with Gasteiger partial charge in [0.25, 0.3) is 5.69 Å². The Morgan fingerprint density at radius 1 is 1.21 bits per heavy atom. The van der Waals surface area contributed by atoms with Crippen molar-refractivity contribution >= 4 is 5.69 Å². The van der Waals surface area contributed by atoms with Crippen molar-refractivity contribution in [2.75, 3.05) is 0 Å². The lowest BCUT2D eigenvalue weighted by molar-refractivity contribution is -0.384. The van der Waals surface area contributed by atoms with E-state index in [0.717, 1.165) is 37.1 Å². The van der Waals surface area contributed by atoms with Gasteiger partial charge in [-0.3, -0.25) is 10.1 Å². The Kier molecular flexibility index (Phi) is 4.28. The number of aromatic nitrogens is 2. The van der Waals surface area contributed by atoms with Crippen LogP contribution in [0.15, 0.2) is 30.5 Å². The van der Waals surface area contributed by atoms with Gasteiger partial charge in [-0.2, -0.15) is 0 Å². The van der Waals surface area contributed by atoms with E-state index in [0.29, 0.717) is 0 Å². The first kappa shape index (κ1) is 13.3. The van der Waals surface area contributed by atoms with Crippen molar-refractivity contribution in [2.45, 2.75) is 32.6 Å². The van der Waals surface area contributed by atoms with Gasteiger partial charge in [-0.15, -0.1) is 0 Å². The molecule has 2 rings (SSSR count). The molecule has 2 aromatic rings. The maximum Gasteiger partial charge on any atom is 0.269 e. The van der Waals surface area contributed by atoms with Crippen molar-refractivity contribution in [3.8, 4) is 0 Å². The number of rotatable bonds is 6. The highest BCUT2D eigenvalue weighted by atomic mass is 16.6. The van der Waals surface area contributed by atoms with Gasteiger partial charge in [-0.25, -0.2) is 4.98 Å². The van der Waals surface area contributed by atoms with E-state index >= 15 is 0 Å². The summed E-state index contributed by atoms with van der Waals surface area (Å²) in [4.78, 5) is 17.5. The third-order valence-electron chi connectivity index (χ3n) is 3.06. The average Bonchev–Trinajstić information content (AvgIpc) is 2.81. The maximum absolute atomic E-state index is 10.5. The highest BCUT2D eigenvalue weighted by molar-refractivity contribution is 5.32. The number of hydrogen-bond donors (Lipinski definition) is 1. The number of nitro benzene ring substituents is 1. The van der Waals surface area contributed by atoms with Crippen LogP contribution in [0.4, 0.5) is 5.69 Å². The molecule has 1 aromatic heterocycles. The highest BCUT2D eigenvalue weighted by Gasteiger charge is 2.03. The molecule has 19 heavy (non-hydrogen) atoms. The monoisotopic (exact) mass is 259 g/mol. The first-order chi connectivity index (χ1) is 9.15. The van der Waals surface area contributed by atoms with Gasteiger partial charge < -0.3 is 4.98 Å². The molecule has 1 aromatic carbocycles. The summed E-state index contributed by atoms with van der Waals surface area (Å²) >= 11 is 0. The summed E-state index contributed by atoms with van der Waals surface area (Å²) < 4.78 is 0. The summed E-state index contributed by atoms with van der Waals surface area (Å²) in [6.07, 6.45) is 5.97. The Hall–Kier alpha value is -2.17. The molecule has 0 bridgehead atoms. The second kappa shape index (κ2) is 6.13. The van der Waals surface area contributed by atoms with Crippen molar-refractivity contribution in [2.24, 2.45) is 0 Å². The zero-order chi connectivity index (χ0) is 13.7. The molecular weight excluding hydrogens is 242 g/mol. The molecule has 5 nitrogen and oxygen atoms in total. The van der Waals surface area contributed by atoms with E-state index in [9.17, 15) is 10.1 Å². The fourth-order valence-electron chi connectivity index (χ4n) is 2.03. The minimum atomic E-state index is -0.371. The van der Waals surface area contributed by atoms with Crippen LogP contribution in [0.25, 0.3) is 0 Å². The molecule has 0 aliphatic carbocycles. The summed E-state index contributed by atoms with van der Waals surface area (Å²) in [6.45, 7) is 1.94. The fourth-order valence-corrected chi connectivity index (χ4v) is 2.03. The quantitative estimate of drug-likeness (QED) is 0.492. The summed E-state index contributed by atoms with van der Waals surface area (Å²) in [6, 6.07) is 6.79. The molecule has 0 radical (unpaired) electrons. The number of unbranched alkanes of at least 4 members (excludes halogenated alkanes) is 1. The molecule has 0 aliphatic heterocycles. The standard InChI is InChI=1S/C14H17N3O2/c1-11-15-10-13(16-11)5-3-2-4-12-6-8-14(9-7-12)17(18)19/h6-10H,2-5H2,1H3,(H,15,16). The van der Waals surface area contributed by atoms with Crippen molar-refractivity contribution in [3.63, 3.8) is 0 Å². The molecule has 0 aliphatic rings. The number of imidazole rings is 1. The number of non-ortho nitro benzene ring substituents is 1. The van der Waals surface area contributed by atoms with Gasteiger partial charge in [-0.05, 0) is 38.2 Å². The SMILES string of the molecule is Cc1ncc(CCCCc2ccc([N+](=O)[O-])cc2)[nH]1. The van der Waals surface area contributed by atoms with E-state index in [4.69, 9.17) is 0 Å². The number of H-pyrrole nitrogens is 1.